The van der Waals surface area contributed by atoms with Gasteiger partial charge in [0, 0.05) is 25.0 Å². The fourth-order valence-electron chi connectivity index (χ4n) is 0.884. The molecule has 0 aliphatic heterocycles. The molecule has 0 aliphatic carbocycles. The van der Waals surface area contributed by atoms with E-state index in [0.29, 0.717) is 13.1 Å². The molecule has 0 bridgehead atoms. The monoisotopic (exact) mass is 384 g/mol. The van der Waals surface area contributed by atoms with Crippen LogP contribution in [-0.2, 0) is 39.2 Å². The van der Waals surface area contributed by atoms with Crippen molar-refractivity contribution in [2.75, 3.05) is 0 Å². The van der Waals surface area contributed by atoms with Crippen molar-refractivity contribution in [1.29, 1.82) is 0 Å². The van der Waals surface area contributed by atoms with Crippen LogP contribution in [0.1, 0.15) is 25.0 Å². The molecule has 0 atom stereocenters. The normalized spacial score (nSPS) is 6.43. The van der Waals surface area contributed by atoms with E-state index in [1.54, 1.807) is 0 Å². The van der Waals surface area contributed by atoms with Crippen molar-refractivity contribution in [3.8, 4) is 0 Å². The second kappa shape index (κ2) is 28.6. The molecule has 0 saturated carbocycles. The van der Waals surface area contributed by atoms with Crippen molar-refractivity contribution in [3.63, 3.8) is 0 Å². The van der Waals surface area contributed by atoms with Gasteiger partial charge in [0.15, 0.2) is 0 Å². The van der Waals surface area contributed by atoms with Gasteiger partial charge in [0.05, 0.1) is 0 Å². The number of hydrogen-bond donors (Lipinski definition) is 2. The van der Waals surface area contributed by atoms with E-state index in [0.717, 1.165) is 25.0 Å². The number of benzene rings is 1. The second-order valence-corrected chi connectivity index (χ2v) is 3.21. The van der Waals surface area contributed by atoms with Gasteiger partial charge >= 0.3 is 16.5 Å². The van der Waals surface area contributed by atoms with Gasteiger partial charge in [-0.2, -0.15) is 0 Å². The molecule has 0 unspecified atom stereocenters. The molecule has 11 heteroatoms. The third-order valence-corrected chi connectivity index (χ3v) is 1.46. The van der Waals surface area contributed by atoms with Crippen LogP contribution >= 0.6 is 0 Å². The summed E-state index contributed by atoms with van der Waals surface area (Å²) in [7, 11) is 0. The van der Waals surface area contributed by atoms with Gasteiger partial charge in [0.2, 0.25) is 0 Å². The quantitative estimate of drug-likeness (QED) is 0.470. The molecule has 0 fully saturated rings. The number of rotatable bonds is 2. The molecule has 10 nitrogen and oxygen atoms in total. The largest absolute Gasteiger partial charge is 2.00 e. The maximum Gasteiger partial charge on any atom is 2.00 e. The first-order valence-corrected chi connectivity index (χ1v) is 5.16. The van der Waals surface area contributed by atoms with E-state index in [4.69, 9.17) is 31.3 Å². The first-order valence-electron chi connectivity index (χ1n) is 5.16. The molecule has 0 amide bonds. The molecule has 23 heavy (non-hydrogen) atoms. The van der Waals surface area contributed by atoms with E-state index in [1.807, 2.05) is 24.3 Å². The SMILES string of the molecule is CC(=O)[O-].CC(=O)[O-].NCc1cccc(CN)c1.O.O.O.O.[Ni+2]. The Morgan fingerprint density at radius 3 is 1.26 bits per heavy atom. The van der Waals surface area contributed by atoms with Crippen LogP contribution in [0.3, 0.4) is 0 Å². The number of carbonyl (C=O) groups is 2. The van der Waals surface area contributed by atoms with Crippen molar-refractivity contribution in [1.82, 2.24) is 0 Å². The second-order valence-electron chi connectivity index (χ2n) is 3.21. The smallest absolute Gasteiger partial charge is 0.550 e. The van der Waals surface area contributed by atoms with Crippen LogP contribution in [0.5, 0.6) is 0 Å². The van der Waals surface area contributed by atoms with E-state index >= 15 is 0 Å². The molecule has 1 rings (SSSR count). The first-order chi connectivity index (χ1) is 8.33. The maximum absolute atomic E-state index is 8.89. The molecule has 1 aromatic carbocycles. The van der Waals surface area contributed by atoms with Gasteiger partial charge in [-0.3, -0.25) is 0 Å². The number of carbonyl (C=O) groups excluding carboxylic acids is 2. The zero-order chi connectivity index (χ0) is 14.6. The molecule has 0 aromatic heterocycles. The Labute approximate surface area is 144 Å². The number of hydrogen-bond acceptors (Lipinski definition) is 6. The van der Waals surface area contributed by atoms with Crippen LogP contribution in [0.4, 0.5) is 0 Å². The summed E-state index contributed by atoms with van der Waals surface area (Å²) in [6, 6.07) is 8.00. The van der Waals surface area contributed by atoms with Crippen LogP contribution in [0.2, 0.25) is 0 Å². The molecule has 1 aromatic rings. The zero-order valence-electron chi connectivity index (χ0n) is 12.8. The Morgan fingerprint density at radius 1 is 0.870 bits per heavy atom. The fourth-order valence-corrected chi connectivity index (χ4v) is 0.884. The number of carboxylic acid groups (broad SMARTS) is 2. The van der Waals surface area contributed by atoms with Gasteiger partial charge < -0.3 is 53.2 Å². The Morgan fingerprint density at radius 2 is 1.09 bits per heavy atom. The Kier molecular flexibility index (Phi) is 53.3. The summed E-state index contributed by atoms with van der Waals surface area (Å²) in [4.78, 5) is 17.8. The summed E-state index contributed by atoms with van der Waals surface area (Å²) >= 11 is 0. The van der Waals surface area contributed by atoms with E-state index in [9.17, 15) is 0 Å². The van der Waals surface area contributed by atoms with Crippen molar-refractivity contribution < 1.29 is 58.2 Å². The Hall–Kier alpha value is -1.59. The molecule has 0 radical (unpaired) electrons. The maximum atomic E-state index is 8.89. The van der Waals surface area contributed by atoms with Crippen LogP contribution in [0.15, 0.2) is 24.3 Å². The molecule has 0 saturated heterocycles. The van der Waals surface area contributed by atoms with E-state index in [-0.39, 0.29) is 38.4 Å². The fraction of sp³-hybridized carbons (Fsp3) is 0.333. The molecule has 0 spiro atoms. The van der Waals surface area contributed by atoms with Gasteiger partial charge in [-0.15, -0.1) is 0 Å². The Balaban J connectivity index is -0.0000000347. The summed E-state index contributed by atoms with van der Waals surface area (Å²) in [5, 5.41) is 17.8. The van der Waals surface area contributed by atoms with Gasteiger partial charge in [-0.1, -0.05) is 24.3 Å². The van der Waals surface area contributed by atoms with E-state index in [1.165, 1.54) is 0 Å². The predicted molar refractivity (Wildman–Crippen MR) is 78.0 cm³/mol. The summed E-state index contributed by atoms with van der Waals surface area (Å²) < 4.78 is 0. The van der Waals surface area contributed by atoms with Crippen molar-refractivity contribution >= 4 is 11.9 Å². The van der Waals surface area contributed by atoms with Crippen LogP contribution < -0.4 is 21.7 Å². The molecule has 142 valence electrons. The van der Waals surface area contributed by atoms with E-state index < -0.39 is 11.9 Å². The molecule has 0 aliphatic rings. The average molecular weight is 385 g/mol. The van der Waals surface area contributed by atoms with Crippen LogP contribution in [-0.4, -0.2) is 33.8 Å². The number of aliphatic carboxylic acids is 2. The van der Waals surface area contributed by atoms with Gasteiger partial charge in [-0.25, -0.2) is 0 Å². The van der Waals surface area contributed by atoms with Gasteiger partial charge in [0.25, 0.3) is 0 Å². The van der Waals surface area contributed by atoms with E-state index in [2.05, 4.69) is 0 Å². The summed E-state index contributed by atoms with van der Waals surface area (Å²) in [5.74, 6) is -2.17. The Bertz CT molecular complexity index is 341. The van der Waals surface area contributed by atoms with Crippen LogP contribution in [0.25, 0.3) is 0 Å². The molecule has 12 N–H and O–H groups in total. The molecular formula is C12H26N2NiO8. The van der Waals surface area contributed by atoms with Crippen molar-refractivity contribution in [2.45, 2.75) is 26.9 Å². The molecule has 0 heterocycles. The third kappa shape index (κ3) is 44.9. The van der Waals surface area contributed by atoms with Gasteiger partial charge in [0.1, 0.15) is 0 Å². The number of carboxylic acids is 2. The summed E-state index contributed by atoms with van der Waals surface area (Å²) in [6.45, 7) is 3.13. The zero-order valence-corrected chi connectivity index (χ0v) is 13.8. The van der Waals surface area contributed by atoms with Crippen molar-refractivity contribution in [2.24, 2.45) is 11.5 Å². The minimum atomic E-state index is -1.08. The average Bonchev–Trinajstić information content (AvgIpc) is 2.27. The minimum absolute atomic E-state index is 0. The summed E-state index contributed by atoms with van der Waals surface area (Å²) in [5.41, 5.74) is 13.1. The summed E-state index contributed by atoms with van der Waals surface area (Å²) in [6.07, 6.45) is 0. The molecular weight excluding hydrogens is 359 g/mol. The number of nitrogens with two attached hydrogens (primary N) is 2. The first kappa shape index (κ1) is 43.0. The van der Waals surface area contributed by atoms with Gasteiger partial charge in [-0.05, 0) is 25.0 Å². The topological polar surface area (TPSA) is 258 Å². The van der Waals surface area contributed by atoms with Crippen LogP contribution in [0, 0.1) is 0 Å². The van der Waals surface area contributed by atoms with Crippen molar-refractivity contribution in [3.05, 3.63) is 35.4 Å². The minimum Gasteiger partial charge on any atom is -0.550 e. The standard InChI is InChI=1S/C8H12N2.2C2H4O2.Ni.4H2O/c9-5-7-2-1-3-8(4-7)6-10;2*1-2(3)4;;;;;/h1-4H,5-6,9-10H2;2*1H3,(H,3,4);;4*1H2/q;;;+2;;;;/p-2. The predicted octanol–water partition coefficient (Wildman–Crippen LogP) is -5.18. The third-order valence-electron chi connectivity index (χ3n) is 1.46.